The first-order valence-electron chi connectivity index (χ1n) is 19.4. The number of β-amino-alcohol motifs (C(OH)–C–C–N with tert-alkyl or cyclic N) is 1. The molecule has 2 aliphatic heterocycles. The molecule has 286 valence electrons. The highest BCUT2D eigenvalue weighted by Gasteiger charge is 2.40. The molecule has 5 heterocycles. The van der Waals surface area contributed by atoms with Crippen molar-refractivity contribution in [1.29, 1.82) is 0 Å². The molecular formula is C43H50N8O4. The van der Waals surface area contributed by atoms with E-state index in [2.05, 4.69) is 50.5 Å². The largest absolute Gasteiger partial charge is 0.481 e. The van der Waals surface area contributed by atoms with Gasteiger partial charge in [-0.05, 0) is 105 Å². The van der Waals surface area contributed by atoms with Crippen molar-refractivity contribution >= 4 is 40.0 Å². The van der Waals surface area contributed by atoms with Crippen LogP contribution < -0.4 is 10.6 Å². The number of carbonyl (C=O) groups excluding carboxylic acids is 1. The molecule has 4 N–H and O–H groups in total. The molecule has 55 heavy (non-hydrogen) atoms. The maximum absolute atomic E-state index is 13.8. The number of carboxylic acid groups (broad SMARTS) is 1. The molecule has 0 bridgehead atoms. The van der Waals surface area contributed by atoms with Crippen LogP contribution in [0.4, 0.5) is 17.2 Å². The van der Waals surface area contributed by atoms with Gasteiger partial charge in [0, 0.05) is 87.1 Å². The summed E-state index contributed by atoms with van der Waals surface area (Å²) in [6, 6.07) is 16.6. The van der Waals surface area contributed by atoms with Crippen LogP contribution in [0.2, 0.25) is 0 Å². The Balaban J connectivity index is 0.975. The highest BCUT2D eigenvalue weighted by Crippen LogP contribution is 2.39. The second-order valence-electron chi connectivity index (χ2n) is 16.0. The Morgan fingerprint density at radius 1 is 0.964 bits per heavy atom. The van der Waals surface area contributed by atoms with Crippen molar-refractivity contribution in [2.45, 2.75) is 84.5 Å². The van der Waals surface area contributed by atoms with Gasteiger partial charge >= 0.3 is 5.97 Å². The number of carbonyl (C=O) groups is 2. The number of nitrogens with zero attached hydrogens (tertiary/aromatic N) is 6. The number of pyridine rings is 2. The first kappa shape index (κ1) is 36.8. The van der Waals surface area contributed by atoms with Gasteiger partial charge in [0.2, 0.25) is 0 Å². The molecule has 12 nitrogen and oxygen atoms in total. The molecule has 1 amide bonds. The van der Waals surface area contributed by atoms with Crippen LogP contribution in [0, 0.1) is 19.3 Å². The Morgan fingerprint density at radius 2 is 1.69 bits per heavy atom. The van der Waals surface area contributed by atoms with E-state index in [4.69, 9.17) is 9.97 Å². The Labute approximate surface area is 321 Å². The predicted octanol–water partition coefficient (Wildman–Crippen LogP) is 6.60. The number of aliphatic carboxylic acids is 1. The fourth-order valence-electron chi connectivity index (χ4n) is 8.81. The number of fused-ring (bicyclic) bond motifs is 2. The highest BCUT2D eigenvalue weighted by atomic mass is 16.4. The Kier molecular flexibility index (Phi) is 9.91. The maximum Gasteiger partial charge on any atom is 0.309 e. The SMILES string of the molecule is Cc1c(NC(=O)c2nc3c(n2C)CCN(C2CCC(C)(C(=O)O)CC2)C3)cccc1-c1cccc(Nc2nccc3cc(CN4CCC(O)C4)cnc23)c1C. The summed E-state index contributed by atoms with van der Waals surface area (Å²) < 4.78 is 1.93. The monoisotopic (exact) mass is 742 g/mol. The topological polar surface area (TPSA) is 149 Å². The number of hydrogen-bond donors (Lipinski definition) is 4. The third-order valence-corrected chi connectivity index (χ3v) is 12.3. The molecule has 1 saturated carbocycles. The molecule has 0 spiro atoms. The van der Waals surface area contributed by atoms with Crippen LogP contribution in [0.3, 0.4) is 0 Å². The van der Waals surface area contributed by atoms with Gasteiger partial charge in [-0.15, -0.1) is 0 Å². The summed E-state index contributed by atoms with van der Waals surface area (Å²) in [6.07, 6.45) is 8.13. The average molecular weight is 743 g/mol. The number of aliphatic hydroxyl groups excluding tert-OH is 1. The lowest BCUT2D eigenvalue weighted by molar-refractivity contribution is -0.150. The van der Waals surface area contributed by atoms with Crippen LogP contribution >= 0.6 is 0 Å². The van der Waals surface area contributed by atoms with Gasteiger partial charge in [-0.25, -0.2) is 9.97 Å². The summed E-state index contributed by atoms with van der Waals surface area (Å²) in [7, 11) is 1.92. The molecule has 1 saturated heterocycles. The van der Waals surface area contributed by atoms with Crippen LogP contribution in [0.25, 0.3) is 22.0 Å². The highest BCUT2D eigenvalue weighted by molar-refractivity contribution is 6.03. The lowest BCUT2D eigenvalue weighted by atomic mass is 9.73. The van der Waals surface area contributed by atoms with E-state index >= 15 is 0 Å². The van der Waals surface area contributed by atoms with Gasteiger partial charge in [-0.1, -0.05) is 24.3 Å². The average Bonchev–Trinajstić information content (AvgIpc) is 3.74. The van der Waals surface area contributed by atoms with Crippen LogP contribution in [0.1, 0.15) is 77.7 Å². The summed E-state index contributed by atoms with van der Waals surface area (Å²) in [5.74, 6) is 0.118. The van der Waals surface area contributed by atoms with Crippen molar-refractivity contribution in [3.8, 4) is 11.1 Å². The third kappa shape index (κ3) is 7.21. The van der Waals surface area contributed by atoms with E-state index in [1.165, 1.54) is 0 Å². The Bertz CT molecular complexity index is 2280. The molecule has 1 aliphatic carbocycles. The van der Waals surface area contributed by atoms with E-state index in [0.717, 1.165) is 107 Å². The van der Waals surface area contributed by atoms with Crippen LogP contribution in [-0.2, 0) is 31.4 Å². The lowest BCUT2D eigenvalue weighted by Gasteiger charge is -2.41. The normalized spacial score (nSPS) is 21.8. The number of likely N-dealkylation sites (tertiary alicyclic amines) is 1. The minimum Gasteiger partial charge on any atom is -0.481 e. The summed E-state index contributed by atoms with van der Waals surface area (Å²) in [5.41, 5.74) is 8.97. The fraction of sp³-hybridized carbons (Fsp3) is 0.419. The van der Waals surface area contributed by atoms with Crippen LogP contribution in [0.15, 0.2) is 60.9 Å². The van der Waals surface area contributed by atoms with Gasteiger partial charge < -0.3 is 25.4 Å². The van der Waals surface area contributed by atoms with Crippen molar-refractivity contribution in [1.82, 2.24) is 29.3 Å². The number of amides is 1. The molecule has 3 aromatic heterocycles. The molecular weight excluding hydrogens is 693 g/mol. The van der Waals surface area contributed by atoms with Gasteiger partial charge in [0.15, 0.2) is 11.6 Å². The molecule has 2 fully saturated rings. The Morgan fingerprint density at radius 3 is 2.40 bits per heavy atom. The van der Waals surface area contributed by atoms with Gasteiger partial charge in [0.25, 0.3) is 5.91 Å². The molecule has 3 aliphatic rings. The number of hydrogen-bond acceptors (Lipinski definition) is 9. The molecule has 5 aromatic rings. The number of carboxylic acids is 1. The Hall–Kier alpha value is -5.17. The van der Waals surface area contributed by atoms with E-state index in [9.17, 15) is 19.8 Å². The first-order chi connectivity index (χ1) is 26.5. The molecule has 8 rings (SSSR count). The smallest absolute Gasteiger partial charge is 0.309 e. The zero-order valence-electron chi connectivity index (χ0n) is 32.1. The van der Waals surface area contributed by atoms with Crippen LogP contribution in [0.5, 0.6) is 0 Å². The fourth-order valence-corrected chi connectivity index (χ4v) is 8.81. The molecule has 2 aromatic carbocycles. The minimum absolute atomic E-state index is 0.249. The van der Waals surface area contributed by atoms with E-state index in [-0.39, 0.29) is 12.0 Å². The molecule has 12 heteroatoms. The lowest BCUT2D eigenvalue weighted by Crippen LogP contribution is -2.44. The number of imidazole rings is 1. The van der Waals surface area contributed by atoms with Crippen molar-refractivity contribution in [2.75, 3.05) is 30.3 Å². The quantitative estimate of drug-likeness (QED) is 0.130. The number of aromatic nitrogens is 4. The van der Waals surface area contributed by atoms with E-state index in [0.29, 0.717) is 43.6 Å². The van der Waals surface area contributed by atoms with E-state index in [1.54, 1.807) is 6.20 Å². The summed E-state index contributed by atoms with van der Waals surface area (Å²) in [4.78, 5) is 44.6. The summed E-state index contributed by atoms with van der Waals surface area (Å²) in [6.45, 7) is 9.85. The number of anilines is 3. The van der Waals surface area contributed by atoms with Gasteiger partial charge in [0.1, 0.15) is 5.52 Å². The summed E-state index contributed by atoms with van der Waals surface area (Å²) in [5, 5.41) is 27.3. The van der Waals surface area contributed by atoms with Gasteiger partial charge in [-0.3, -0.25) is 24.4 Å². The number of nitrogens with one attached hydrogen (secondary N) is 2. The van der Waals surface area contributed by atoms with E-state index in [1.807, 2.05) is 62.0 Å². The van der Waals surface area contributed by atoms with Crippen LogP contribution in [-0.4, -0.2) is 83.2 Å². The number of aliphatic hydroxyl groups is 1. The minimum atomic E-state index is -0.702. The summed E-state index contributed by atoms with van der Waals surface area (Å²) >= 11 is 0. The van der Waals surface area contributed by atoms with Crippen molar-refractivity contribution in [3.05, 3.63) is 94.8 Å². The molecule has 1 atom stereocenters. The van der Waals surface area contributed by atoms with Crippen molar-refractivity contribution < 1.29 is 19.8 Å². The number of rotatable bonds is 9. The van der Waals surface area contributed by atoms with Gasteiger partial charge in [-0.2, -0.15) is 0 Å². The zero-order valence-corrected chi connectivity index (χ0v) is 32.1. The standard InChI is InChI=1S/C43H50N8O4/c1-26-32(7-5-9-34(26)46-39-38-29(13-18-44-39)21-28(22-45-38)23-50-19-14-31(52)24-50)33-8-6-10-35(27(33)2)48-41(53)40-47-36-25-51(20-15-37(36)49(40)4)30-11-16-43(3,17-12-30)42(54)55/h5-10,13,18,21-22,30-31,52H,11-12,14-17,19-20,23-25H2,1-4H3,(H,44,46)(H,48,53)(H,54,55). The third-order valence-electron chi connectivity index (χ3n) is 12.3. The van der Waals surface area contributed by atoms with Crippen molar-refractivity contribution in [3.63, 3.8) is 0 Å². The molecule has 1 unspecified atom stereocenters. The predicted molar refractivity (Wildman–Crippen MR) is 213 cm³/mol. The number of benzene rings is 2. The second-order valence-corrected chi connectivity index (χ2v) is 16.0. The van der Waals surface area contributed by atoms with E-state index < -0.39 is 11.4 Å². The maximum atomic E-state index is 13.8. The first-order valence-corrected chi connectivity index (χ1v) is 19.4. The zero-order chi connectivity index (χ0) is 38.4. The van der Waals surface area contributed by atoms with Gasteiger partial charge in [0.05, 0.1) is 17.2 Å². The second kappa shape index (κ2) is 14.8. The van der Waals surface area contributed by atoms with Crippen molar-refractivity contribution in [2.24, 2.45) is 12.5 Å². The molecule has 0 radical (unpaired) electrons.